The molecule has 0 atom stereocenters. The van der Waals surface area contributed by atoms with Crippen molar-refractivity contribution in [3.05, 3.63) is 69.7 Å². The van der Waals surface area contributed by atoms with E-state index in [4.69, 9.17) is 23.2 Å². The lowest BCUT2D eigenvalue weighted by molar-refractivity contribution is -0.519. The van der Waals surface area contributed by atoms with Gasteiger partial charge in [-0.15, -0.1) is 0 Å². The molecule has 20 heavy (non-hydrogen) atoms. The van der Waals surface area contributed by atoms with Crippen LogP contribution in [0.15, 0.2) is 54.7 Å². The Labute approximate surface area is 132 Å². The standard InChI is InChI=1S/C16H12Cl2NS/c1-11-13(12-6-3-2-4-7-12)10-19(20-11)16-14(17)8-5-9-15(16)18/h2-10H,1H3/q+1. The Morgan fingerprint density at radius 1 is 0.900 bits per heavy atom. The second-order valence-corrected chi connectivity index (χ2v) is 6.46. The number of nitrogens with zero attached hydrogens (tertiary/aromatic N) is 1. The highest BCUT2D eigenvalue weighted by Gasteiger charge is 2.22. The molecule has 0 bridgehead atoms. The van der Waals surface area contributed by atoms with Crippen LogP contribution in [-0.4, -0.2) is 0 Å². The molecule has 1 nitrogen and oxygen atoms in total. The Morgan fingerprint density at radius 3 is 2.20 bits per heavy atom. The molecule has 0 spiro atoms. The van der Waals surface area contributed by atoms with E-state index in [1.54, 1.807) is 11.5 Å². The van der Waals surface area contributed by atoms with Gasteiger partial charge in [0.2, 0.25) is 0 Å². The topological polar surface area (TPSA) is 3.88 Å². The molecule has 0 amide bonds. The molecule has 3 rings (SSSR count). The maximum atomic E-state index is 6.27. The van der Waals surface area contributed by atoms with Crippen LogP contribution < -0.4 is 3.96 Å². The van der Waals surface area contributed by atoms with Crippen molar-refractivity contribution in [2.75, 3.05) is 0 Å². The van der Waals surface area contributed by atoms with Crippen molar-refractivity contribution in [3.8, 4) is 16.8 Å². The highest BCUT2D eigenvalue weighted by atomic mass is 35.5. The zero-order chi connectivity index (χ0) is 14.1. The quantitative estimate of drug-likeness (QED) is 0.563. The van der Waals surface area contributed by atoms with E-state index in [0.717, 1.165) is 5.69 Å². The van der Waals surface area contributed by atoms with Gasteiger partial charge in [-0.05, 0) is 24.6 Å². The second-order valence-electron chi connectivity index (χ2n) is 4.45. The van der Waals surface area contributed by atoms with E-state index in [-0.39, 0.29) is 0 Å². The minimum atomic E-state index is 0.656. The number of halogens is 2. The van der Waals surface area contributed by atoms with E-state index in [9.17, 15) is 0 Å². The summed E-state index contributed by atoms with van der Waals surface area (Å²) in [6, 6.07) is 15.9. The van der Waals surface area contributed by atoms with Crippen molar-refractivity contribution >= 4 is 34.7 Å². The fourth-order valence-electron chi connectivity index (χ4n) is 2.14. The van der Waals surface area contributed by atoms with Crippen molar-refractivity contribution in [1.29, 1.82) is 0 Å². The predicted octanol–water partition coefficient (Wildman–Crippen LogP) is 5.31. The van der Waals surface area contributed by atoms with Gasteiger partial charge in [0.05, 0.1) is 10.4 Å². The highest BCUT2D eigenvalue weighted by molar-refractivity contribution is 7.02. The third-order valence-corrected chi connectivity index (χ3v) is 4.69. The van der Waals surface area contributed by atoms with Crippen LogP contribution in [0.1, 0.15) is 4.88 Å². The van der Waals surface area contributed by atoms with Gasteiger partial charge in [0.15, 0.2) is 6.20 Å². The molecule has 0 saturated heterocycles. The Bertz CT molecular complexity index is 730. The van der Waals surface area contributed by atoms with E-state index in [2.05, 4.69) is 25.3 Å². The summed E-state index contributed by atoms with van der Waals surface area (Å²) in [7, 11) is 0. The molecular weight excluding hydrogens is 309 g/mol. The SMILES string of the molecule is Cc1s[n+](-c2c(Cl)cccc2Cl)cc1-c1ccccc1. The van der Waals surface area contributed by atoms with Crippen molar-refractivity contribution in [2.45, 2.75) is 6.92 Å². The van der Waals surface area contributed by atoms with Gasteiger partial charge in [-0.1, -0.05) is 63.6 Å². The number of hydrogen-bond donors (Lipinski definition) is 0. The summed E-state index contributed by atoms with van der Waals surface area (Å²) in [5.74, 6) is 0. The molecule has 1 aromatic heterocycles. The first-order chi connectivity index (χ1) is 9.66. The molecule has 1 heterocycles. The number of hydrogen-bond acceptors (Lipinski definition) is 1. The summed E-state index contributed by atoms with van der Waals surface area (Å²) in [5, 5.41) is 1.31. The summed E-state index contributed by atoms with van der Waals surface area (Å²) in [4.78, 5) is 1.23. The largest absolute Gasteiger partial charge is 0.261 e. The van der Waals surface area contributed by atoms with Gasteiger partial charge in [0.1, 0.15) is 21.6 Å². The average molecular weight is 321 g/mol. The molecule has 2 aromatic carbocycles. The van der Waals surface area contributed by atoms with Gasteiger partial charge < -0.3 is 0 Å². The Morgan fingerprint density at radius 2 is 1.55 bits per heavy atom. The number of rotatable bonds is 2. The lowest BCUT2D eigenvalue weighted by Crippen LogP contribution is -2.24. The lowest BCUT2D eigenvalue weighted by atomic mass is 10.1. The Hall–Kier alpha value is -1.35. The van der Waals surface area contributed by atoms with Crippen LogP contribution in [0.25, 0.3) is 16.8 Å². The summed E-state index contributed by atoms with van der Waals surface area (Å²) in [6.07, 6.45) is 2.09. The van der Waals surface area contributed by atoms with Crippen LogP contribution in [-0.2, 0) is 0 Å². The van der Waals surface area contributed by atoms with Gasteiger partial charge in [-0.25, -0.2) is 0 Å². The fourth-order valence-corrected chi connectivity index (χ4v) is 3.83. The van der Waals surface area contributed by atoms with E-state index in [1.165, 1.54) is 16.0 Å². The number of para-hydroxylation sites is 1. The minimum Gasteiger partial charge on any atom is -0.0985 e. The lowest BCUT2D eigenvalue weighted by Gasteiger charge is -1.96. The van der Waals surface area contributed by atoms with Crippen molar-refractivity contribution in [1.82, 2.24) is 0 Å². The second kappa shape index (κ2) is 5.57. The van der Waals surface area contributed by atoms with Gasteiger partial charge in [0.25, 0.3) is 5.69 Å². The van der Waals surface area contributed by atoms with Gasteiger partial charge >= 0.3 is 0 Å². The number of aromatic nitrogens is 1. The third kappa shape index (κ3) is 2.47. The molecule has 0 radical (unpaired) electrons. The first kappa shape index (κ1) is 13.6. The summed E-state index contributed by atoms with van der Waals surface area (Å²) in [5.41, 5.74) is 3.24. The molecule has 0 unspecified atom stereocenters. The minimum absolute atomic E-state index is 0.656. The fraction of sp³-hybridized carbons (Fsp3) is 0.0625. The number of benzene rings is 2. The van der Waals surface area contributed by atoms with Gasteiger partial charge in [0, 0.05) is 0 Å². The highest BCUT2D eigenvalue weighted by Crippen LogP contribution is 2.29. The maximum absolute atomic E-state index is 6.27. The molecule has 100 valence electrons. The smallest absolute Gasteiger partial charge is 0.0985 e. The van der Waals surface area contributed by atoms with Crippen LogP contribution in [0.2, 0.25) is 10.0 Å². The molecule has 4 heteroatoms. The van der Waals surface area contributed by atoms with Crippen molar-refractivity contribution in [3.63, 3.8) is 0 Å². The average Bonchev–Trinajstić information content (AvgIpc) is 2.81. The molecule has 0 aliphatic rings. The van der Waals surface area contributed by atoms with Crippen molar-refractivity contribution in [2.24, 2.45) is 0 Å². The van der Waals surface area contributed by atoms with Crippen LogP contribution in [0.3, 0.4) is 0 Å². The molecule has 3 aromatic rings. The van der Waals surface area contributed by atoms with Gasteiger partial charge in [-0.3, -0.25) is 0 Å². The van der Waals surface area contributed by atoms with E-state index in [0.29, 0.717) is 10.0 Å². The zero-order valence-electron chi connectivity index (χ0n) is 10.8. The number of aryl methyl sites for hydroxylation is 1. The van der Waals surface area contributed by atoms with E-state index >= 15 is 0 Å². The van der Waals surface area contributed by atoms with Gasteiger partial charge in [-0.2, -0.15) is 0 Å². The molecule has 0 aliphatic carbocycles. The predicted molar refractivity (Wildman–Crippen MR) is 86.0 cm³/mol. The molecule has 0 fully saturated rings. The van der Waals surface area contributed by atoms with Crippen molar-refractivity contribution < 1.29 is 3.96 Å². The summed E-state index contributed by atoms with van der Waals surface area (Å²) >= 11 is 14.2. The Balaban J connectivity index is 2.15. The normalized spacial score (nSPS) is 10.8. The molecule has 0 aliphatic heterocycles. The van der Waals surface area contributed by atoms with E-state index in [1.807, 2.05) is 40.4 Å². The summed E-state index contributed by atoms with van der Waals surface area (Å²) in [6.45, 7) is 2.11. The first-order valence-corrected chi connectivity index (χ1v) is 7.72. The molecule has 0 saturated carbocycles. The third-order valence-electron chi connectivity index (χ3n) is 3.10. The molecular formula is C16H12Cl2NS+. The van der Waals surface area contributed by atoms with E-state index < -0.39 is 0 Å². The monoisotopic (exact) mass is 320 g/mol. The van der Waals surface area contributed by atoms with Crippen LogP contribution in [0, 0.1) is 6.92 Å². The Kier molecular flexibility index (Phi) is 3.79. The summed E-state index contributed by atoms with van der Waals surface area (Å²) < 4.78 is 2.03. The first-order valence-electron chi connectivity index (χ1n) is 6.19. The van der Waals surface area contributed by atoms with Crippen LogP contribution in [0.4, 0.5) is 0 Å². The van der Waals surface area contributed by atoms with Crippen LogP contribution in [0.5, 0.6) is 0 Å². The van der Waals surface area contributed by atoms with Crippen LogP contribution >= 0.6 is 34.7 Å². The zero-order valence-corrected chi connectivity index (χ0v) is 13.1. The molecule has 0 N–H and O–H groups in total. The maximum Gasteiger partial charge on any atom is 0.261 e.